The lowest BCUT2D eigenvalue weighted by molar-refractivity contribution is 0.695. The summed E-state index contributed by atoms with van der Waals surface area (Å²) < 4.78 is 1.65. The first-order valence-electron chi connectivity index (χ1n) is 8.13. The Hall–Kier alpha value is -1.01. The van der Waals surface area contributed by atoms with Crippen LogP contribution in [0.5, 0.6) is 0 Å². The van der Waals surface area contributed by atoms with Crippen molar-refractivity contribution in [3.8, 4) is 0 Å². The average molecular weight is 411 g/mol. The molecule has 3 nitrogen and oxygen atoms in total. The van der Waals surface area contributed by atoms with Crippen molar-refractivity contribution >= 4 is 56.5 Å². The van der Waals surface area contributed by atoms with E-state index in [1.54, 1.807) is 23.0 Å². The van der Waals surface area contributed by atoms with E-state index in [2.05, 4.69) is 0 Å². The lowest BCUT2D eigenvalue weighted by atomic mass is 9.97. The van der Waals surface area contributed by atoms with Gasteiger partial charge in [0.15, 0.2) is 5.16 Å². The van der Waals surface area contributed by atoms with Gasteiger partial charge in [0.1, 0.15) is 4.83 Å². The SMILES string of the molecule is Cn1c(SCc2c(Cl)cccc2Cl)nc2sc3c(c2c1=O)CCCC3. The van der Waals surface area contributed by atoms with E-state index in [1.807, 2.05) is 18.2 Å². The molecule has 0 saturated carbocycles. The molecule has 0 bridgehead atoms. The molecule has 0 N–H and O–H groups in total. The first kappa shape index (κ1) is 17.4. The van der Waals surface area contributed by atoms with Crippen LogP contribution < -0.4 is 5.56 Å². The summed E-state index contributed by atoms with van der Waals surface area (Å²) in [6, 6.07) is 5.48. The molecule has 0 aliphatic heterocycles. The number of halogens is 2. The molecule has 2 aromatic heterocycles. The molecule has 1 aliphatic rings. The number of hydrogen-bond donors (Lipinski definition) is 0. The Morgan fingerprint density at radius 3 is 2.72 bits per heavy atom. The highest BCUT2D eigenvalue weighted by Gasteiger charge is 2.21. The number of nitrogens with zero attached hydrogens (tertiary/aromatic N) is 2. The van der Waals surface area contributed by atoms with E-state index in [-0.39, 0.29) is 5.56 Å². The van der Waals surface area contributed by atoms with Crippen molar-refractivity contribution in [2.75, 3.05) is 0 Å². The fourth-order valence-corrected chi connectivity index (χ4v) is 6.22. The van der Waals surface area contributed by atoms with Crippen LogP contribution in [-0.2, 0) is 25.6 Å². The highest BCUT2D eigenvalue weighted by molar-refractivity contribution is 7.98. The molecule has 1 aliphatic carbocycles. The first-order valence-corrected chi connectivity index (χ1v) is 10.7. The van der Waals surface area contributed by atoms with Gasteiger partial charge in [-0.1, -0.05) is 41.0 Å². The second-order valence-corrected chi connectivity index (χ2v) is 8.98. The number of hydrogen-bond acceptors (Lipinski definition) is 4. The molecular formula is C18H16Cl2N2OS2. The minimum Gasteiger partial charge on any atom is -0.290 e. The topological polar surface area (TPSA) is 34.9 Å². The lowest BCUT2D eigenvalue weighted by Gasteiger charge is -2.11. The quantitative estimate of drug-likeness (QED) is 0.423. The third kappa shape index (κ3) is 3.12. The molecule has 0 unspecified atom stereocenters. The molecule has 0 atom stereocenters. The fourth-order valence-electron chi connectivity index (χ4n) is 3.20. The number of thiophene rings is 1. The van der Waals surface area contributed by atoms with E-state index in [0.29, 0.717) is 21.0 Å². The zero-order chi connectivity index (χ0) is 17.6. The van der Waals surface area contributed by atoms with Gasteiger partial charge in [-0.05, 0) is 48.9 Å². The third-order valence-electron chi connectivity index (χ3n) is 4.56. The smallest absolute Gasteiger partial charge is 0.262 e. The highest BCUT2D eigenvalue weighted by Crippen LogP contribution is 2.35. The van der Waals surface area contributed by atoms with Crippen LogP contribution in [0.2, 0.25) is 10.0 Å². The number of aromatic nitrogens is 2. The van der Waals surface area contributed by atoms with Gasteiger partial charge in [0.25, 0.3) is 5.56 Å². The van der Waals surface area contributed by atoms with E-state index in [9.17, 15) is 4.79 Å². The molecule has 2 heterocycles. The zero-order valence-electron chi connectivity index (χ0n) is 13.6. The van der Waals surface area contributed by atoms with Crippen LogP contribution in [-0.4, -0.2) is 9.55 Å². The van der Waals surface area contributed by atoms with Crippen LogP contribution in [0.25, 0.3) is 10.2 Å². The Morgan fingerprint density at radius 2 is 1.96 bits per heavy atom. The largest absolute Gasteiger partial charge is 0.290 e. The number of fused-ring (bicyclic) bond motifs is 3. The van der Waals surface area contributed by atoms with Crippen molar-refractivity contribution in [2.24, 2.45) is 7.05 Å². The molecule has 0 amide bonds. The third-order valence-corrected chi connectivity index (χ3v) is 7.51. The van der Waals surface area contributed by atoms with Gasteiger partial charge in [-0.25, -0.2) is 4.98 Å². The lowest BCUT2D eigenvalue weighted by Crippen LogP contribution is -2.20. The van der Waals surface area contributed by atoms with Crippen LogP contribution in [0, 0.1) is 0 Å². The second-order valence-electron chi connectivity index (χ2n) is 6.14. The maximum absolute atomic E-state index is 12.9. The zero-order valence-corrected chi connectivity index (χ0v) is 16.8. The maximum atomic E-state index is 12.9. The van der Waals surface area contributed by atoms with E-state index in [4.69, 9.17) is 28.2 Å². The molecule has 25 heavy (non-hydrogen) atoms. The van der Waals surface area contributed by atoms with E-state index in [1.165, 1.54) is 28.6 Å². The summed E-state index contributed by atoms with van der Waals surface area (Å²) in [6.45, 7) is 0. The molecular weight excluding hydrogens is 395 g/mol. The van der Waals surface area contributed by atoms with E-state index >= 15 is 0 Å². The van der Waals surface area contributed by atoms with E-state index in [0.717, 1.165) is 35.0 Å². The van der Waals surface area contributed by atoms with Crippen molar-refractivity contribution in [3.63, 3.8) is 0 Å². The molecule has 3 aromatic rings. The Morgan fingerprint density at radius 1 is 1.24 bits per heavy atom. The Labute approximate surface area is 164 Å². The predicted molar refractivity (Wildman–Crippen MR) is 108 cm³/mol. The predicted octanol–water partition coefficient (Wildman–Crippen LogP) is 5.47. The van der Waals surface area contributed by atoms with Gasteiger partial charge in [-0.15, -0.1) is 11.3 Å². The summed E-state index contributed by atoms with van der Waals surface area (Å²) in [7, 11) is 1.79. The van der Waals surface area contributed by atoms with Gasteiger partial charge in [0, 0.05) is 27.7 Å². The van der Waals surface area contributed by atoms with Crippen molar-refractivity contribution in [1.82, 2.24) is 9.55 Å². The summed E-state index contributed by atoms with van der Waals surface area (Å²) in [5.74, 6) is 0.579. The van der Waals surface area contributed by atoms with Crippen molar-refractivity contribution < 1.29 is 0 Å². The van der Waals surface area contributed by atoms with Crippen LogP contribution in [0.4, 0.5) is 0 Å². The van der Waals surface area contributed by atoms with Crippen molar-refractivity contribution in [3.05, 3.63) is 54.6 Å². The molecule has 130 valence electrons. The fraction of sp³-hybridized carbons (Fsp3) is 0.333. The van der Waals surface area contributed by atoms with Gasteiger partial charge < -0.3 is 0 Å². The van der Waals surface area contributed by atoms with Crippen LogP contribution in [0.1, 0.15) is 28.8 Å². The van der Waals surface area contributed by atoms with Gasteiger partial charge in [0.05, 0.1) is 5.39 Å². The Bertz CT molecular complexity index is 1010. The summed E-state index contributed by atoms with van der Waals surface area (Å²) in [5.41, 5.74) is 2.15. The highest BCUT2D eigenvalue weighted by atomic mass is 35.5. The van der Waals surface area contributed by atoms with Gasteiger partial charge >= 0.3 is 0 Å². The molecule has 1 aromatic carbocycles. The minimum atomic E-state index is 0.0529. The Kier molecular flexibility index (Phi) is 4.84. The summed E-state index contributed by atoms with van der Waals surface area (Å²) in [5, 5.41) is 2.80. The normalized spacial score (nSPS) is 14.0. The number of benzene rings is 1. The molecule has 4 rings (SSSR count). The standard InChI is InChI=1S/C18H16Cl2N2OS2/c1-22-17(23)15-10-5-2-3-8-14(10)25-16(15)21-18(22)24-9-11-12(19)6-4-7-13(11)20/h4,6-7H,2-3,5,8-9H2,1H3. The van der Waals surface area contributed by atoms with Gasteiger partial charge in [0.2, 0.25) is 0 Å². The minimum absolute atomic E-state index is 0.0529. The molecule has 0 spiro atoms. The second kappa shape index (κ2) is 6.95. The van der Waals surface area contributed by atoms with E-state index < -0.39 is 0 Å². The monoisotopic (exact) mass is 410 g/mol. The van der Waals surface area contributed by atoms with Crippen molar-refractivity contribution in [2.45, 2.75) is 36.6 Å². The summed E-state index contributed by atoms with van der Waals surface area (Å²) in [6.07, 6.45) is 4.42. The van der Waals surface area contributed by atoms with Gasteiger partial charge in [-0.2, -0.15) is 0 Å². The average Bonchev–Trinajstić information content (AvgIpc) is 2.97. The molecule has 7 heteroatoms. The Balaban J connectivity index is 1.73. The maximum Gasteiger partial charge on any atom is 0.262 e. The molecule has 0 saturated heterocycles. The van der Waals surface area contributed by atoms with Crippen LogP contribution >= 0.6 is 46.3 Å². The number of thioether (sulfide) groups is 1. The van der Waals surface area contributed by atoms with Crippen LogP contribution in [0.3, 0.4) is 0 Å². The first-order chi connectivity index (χ1) is 12.1. The van der Waals surface area contributed by atoms with Crippen LogP contribution in [0.15, 0.2) is 28.2 Å². The summed E-state index contributed by atoms with van der Waals surface area (Å²) in [4.78, 5) is 19.9. The number of rotatable bonds is 3. The van der Waals surface area contributed by atoms with Gasteiger partial charge in [-0.3, -0.25) is 9.36 Å². The molecule has 0 fully saturated rings. The molecule has 0 radical (unpaired) electrons. The number of aryl methyl sites for hydroxylation is 2. The summed E-state index contributed by atoms with van der Waals surface area (Å²) >= 11 is 15.7. The van der Waals surface area contributed by atoms with Crippen molar-refractivity contribution in [1.29, 1.82) is 0 Å².